The highest BCUT2D eigenvalue weighted by molar-refractivity contribution is 6.17. The number of nitrogens with one attached hydrogen (secondary N) is 2. The maximum Gasteiger partial charge on any atom is 0.251 e. The molecule has 0 atom stereocenters. The van der Waals surface area contributed by atoms with Crippen molar-refractivity contribution in [1.29, 1.82) is 0 Å². The molecule has 6 nitrogen and oxygen atoms in total. The van der Waals surface area contributed by atoms with E-state index in [1.54, 1.807) is 24.3 Å². The van der Waals surface area contributed by atoms with Crippen molar-refractivity contribution in [3.05, 3.63) is 107 Å². The monoisotopic (exact) mass is 457 g/mol. The summed E-state index contributed by atoms with van der Waals surface area (Å²) in [6.07, 6.45) is 22.3. The molecule has 34 heavy (non-hydrogen) atoms. The SMILES string of the molecule is CC(C)NCCNC(=O)C1=C/C(=C\C=C2C=CN(C)C=C2)C(=O)C(/C=C/c2cc[n+](C)cc2)=C1. The van der Waals surface area contributed by atoms with Crippen LogP contribution >= 0.6 is 0 Å². The number of Topliss-reactive ketones (excluding diaryl/α,β-unsaturated/α-hetero) is 1. The molecule has 0 aromatic carbocycles. The standard InChI is InChI=1S/C28H32N4O2/c1-21(2)29-13-14-30-28(34)26-19-24(7-5-22-9-15-31(3)16-10-22)27(33)25(20-26)8-6-23-11-17-32(4)18-12-23/h5-12,15-21,29H,13-14H2,1-4H3/p+1. The minimum absolute atomic E-state index is 0.117. The average Bonchev–Trinajstić information content (AvgIpc) is 2.82. The second kappa shape index (κ2) is 11.9. The van der Waals surface area contributed by atoms with Gasteiger partial charge in [0.05, 0.1) is 0 Å². The number of hydrogen-bond donors (Lipinski definition) is 2. The van der Waals surface area contributed by atoms with Crippen LogP contribution in [0, 0.1) is 0 Å². The van der Waals surface area contributed by atoms with E-state index >= 15 is 0 Å². The first kappa shape index (κ1) is 24.9. The number of amides is 1. The van der Waals surface area contributed by atoms with Gasteiger partial charge in [-0.05, 0) is 35.4 Å². The number of carbonyl (C=O) groups excluding carboxylic acids is 2. The molecule has 0 radical (unpaired) electrons. The number of pyridine rings is 1. The van der Waals surface area contributed by atoms with Gasteiger partial charge < -0.3 is 15.5 Å². The number of allylic oxidation sites excluding steroid dienone is 9. The summed E-state index contributed by atoms with van der Waals surface area (Å²) in [7, 11) is 3.90. The number of ketones is 1. The molecule has 2 N–H and O–H groups in total. The number of carbonyl (C=O) groups is 2. The van der Waals surface area contributed by atoms with Crippen LogP contribution < -0.4 is 15.2 Å². The summed E-state index contributed by atoms with van der Waals surface area (Å²) in [6, 6.07) is 4.29. The van der Waals surface area contributed by atoms with Gasteiger partial charge in [0.25, 0.3) is 5.91 Å². The van der Waals surface area contributed by atoms with Crippen molar-refractivity contribution >= 4 is 17.8 Å². The average molecular weight is 458 g/mol. The van der Waals surface area contributed by atoms with Gasteiger partial charge in [-0.1, -0.05) is 38.2 Å². The van der Waals surface area contributed by atoms with Gasteiger partial charge in [0.2, 0.25) is 0 Å². The zero-order chi connectivity index (χ0) is 24.5. The summed E-state index contributed by atoms with van der Waals surface area (Å²) in [6.45, 7) is 5.31. The Kier molecular flexibility index (Phi) is 8.71. The Labute approximate surface area is 202 Å². The van der Waals surface area contributed by atoms with Crippen LogP contribution in [0.15, 0.2) is 102 Å². The molecule has 1 aliphatic carbocycles. The molecule has 0 saturated heterocycles. The van der Waals surface area contributed by atoms with Crippen molar-refractivity contribution in [3.63, 3.8) is 0 Å². The van der Waals surface area contributed by atoms with Crippen molar-refractivity contribution < 1.29 is 14.2 Å². The Morgan fingerprint density at radius 3 is 2.44 bits per heavy atom. The highest BCUT2D eigenvalue weighted by atomic mass is 16.1. The molecular formula is C28H33N4O2+. The molecular weight excluding hydrogens is 424 g/mol. The molecule has 0 fully saturated rings. The first-order valence-electron chi connectivity index (χ1n) is 11.5. The summed E-state index contributed by atoms with van der Waals surface area (Å²) in [4.78, 5) is 28.0. The zero-order valence-electron chi connectivity index (χ0n) is 20.3. The van der Waals surface area contributed by atoms with E-state index in [0.29, 0.717) is 35.9 Å². The summed E-state index contributed by atoms with van der Waals surface area (Å²) in [5, 5.41) is 6.21. The molecule has 2 aliphatic rings. The molecule has 1 amide bonds. The Bertz CT molecular complexity index is 1110. The van der Waals surface area contributed by atoms with Crippen molar-refractivity contribution in [2.45, 2.75) is 19.9 Å². The fourth-order valence-electron chi connectivity index (χ4n) is 3.31. The number of aryl methyl sites for hydroxylation is 1. The van der Waals surface area contributed by atoms with E-state index in [9.17, 15) is 9.59 Å². The lowest BCUT2D eigenvalue weighted by atomic mass is 9.92. The molecule has 1 aliphatic heterocycles. The minimum Gasteiger partial charge on any atom is -0.357 e. The van der Waals surface area contributed by atoms with Crippen LogP contribution in [0.1, 0.15) is 19.4 Å². The third-order valence-corrected chi connectivity index (χ3v) is 5.29. The molecule has 0 saturated carbocycles. The largest absolute Gasteiger partial charge is 0.357 e. The minimum atomic E-state index is -0.201. The Morgan fingerprint density at radius 2 is 1.76 bits per heavy atom. The van der Waals surface area contributed by atoms with Crippen molar-refractivity contribution in [2.75, 3.05) is 20.1 Å². The molecule has 6 heteroatoms. The van der Waals surface area contributed by atoms with E-state index in [0.717, 1.165) is 11.1 Å². The van der Waals surface area contributed by atoms with Crippen molar-refractivity contribution in [3.8, 4) is 0 Å². The number of nitrogens with zero attached hydrogens (tertiary/aromatic N) is 2. The number of hydrogen-bond acceptors (Lipinski definition) is 4. The van der Waals surface area contributed by atoms with Gasteiger partial charge in [0.1, 0.15) is 7.05 Å². The van der Waals surface area contributed by atoms with E-state index in [1.165, 1.54) is 0 Å². The lowest BCUT2D eigenvalue weighted by molar-refractivity contribution is -0.671. The van der Waals surface area contributed by atoms with Gasteiger partial charge in [-0.25, -0.2) is 4.57 Å². The molecule has 2 heterocycles. The summed E-state index contributed by atoms with van der Waals surface area (Å²) in [5.41, 5.74) is 3.35. The van der Waals surface area contributed by atoms with Crippen LogP contribution in [0.2, 0.25) is 0 Å². The Hall–Kier alpha value is -3.77. The quantitative estimate of drug-likeness (QED) is 0.358. The van der Waals surface area contributed by atoms with Gasteiger partial charge in [0, 0.05) is 67.4 Å². The summed E-state index contributed by atoms with van der Waals surface area (Å²) >= 11 is 0. The van der Waals surface area contributed by atoms with E-state index in [4.69, 9.17) is 0 Å². The number of aromatic nitrogens is 1. The van der Waals surface area contributed by atoms with Crippen LogP contribution in [0.25, 0.3) is 6.08 Å². The highest BCUT2D eigenvalue weighted by Crippen LogP contribution is 2.22. The second-order valence-corrected chi connectivity index (χ2v) is 8.61. The lowest BCUT2D eigenvalue weighted by Gasteiger charge is -2.14. The van der Waals surface area contributed by atoms with E-state index in [1.807, 2.05) is 84.8 Å². The lowest BCUT2D eigenvalue weighted by Crippen LogP contribution is -2.35. The smallest absolute Gasteiger partial charge is 0.251 e. The Balaban J connectivity index is 1.85. The van der Waals surface area contributed by atoms with E-state index in [-0.39, 0.29) is 11.7 Å². The van der Waals surface area contributed by atoms with Crippen LogP contribution in [0.5, 0.6) is 0 Å². The molecule has 0 spiro atoms. The van der Waals surface area contributed by atoms with Gasteiger partial charge in [-0.15, -0.1) is 0 Å². The molecule has 1 aromatic heterocycles. The molecule has 0 bridgehead atoms. The first-order valence-corrected chi connectivity index (χ1v) is 11.5. The predicted octanol–water partition coefficient (Wildman–Crippen LogP) is 2.90. The Morgan fingerprint density at radius 1 is 1.06 bits per heavy atom. The third kappa shape index (κ3) is 7.39. The van der Waals surface area contributed by atoms with Crippen molar-refractivity contribution in [1.82, 2.24) is 15.5 Å². The van der Waals surface area contributed by atoms with Gasteiger partial charge >= 0.3 is 0 Å². The van der Waals surface area contributed by atoms with Crippen molar-refractivity contribution in [2.24, 2.45) is 7.05 Å². The second-order valence-electron chi connectivity index (χ2n) is 8.61. The van der Waals surface area contributed by atoms with E-state index < -0.39 is 0 Å². The third-order valence-electron chi connectivity index (χ3n) is 5.29. The zero-order valence-corrected chi connectivity index (χ0v) is 20.3. The predicted molar refractivity (Wildman–Crippen MR) is 136 cm³/mol. The van der Waals surface area contributed by atoms with Crippen LogP contribution in [0.4, 0.5) is 0 Å². The fraction of sp³-hybridized carbons (Fsp3) is 0.250. The maximum absolute atomic E-state index is 13.2. The van der Waals surface area contributed by atoms with Crippen LogP contribution in [0.3, 0.4) is 0 Å². The molecule has 3 rings (SSSR count). The summed E-state index contributed by atoms with van der Waals surface area (Å²) in [5.74, 6) is -0.318. The van der Waals surface area contributed by atoms with Crippen LogP contribution in [-0.4, -0.2) is 42.8 Å². The van der Waals surface area contributed by atoms with Gasteiger partial charge in [0.15, 0.2) is 18.2 Å². The molecule has 0 unspecified atom stereocenters. The highest BCUT2D eigenvalue weighted by Gasteiger charge is 2.20. The fourth-order valence-corrected chi connectivity index (χ4v) is 3.31. The summed E-state index contributed by atoms with van der Waals surface area (Å²) < 4.78 is 1.95. The number of rotatable bonds is 8. The normalized spacial score (nSPS) is 17.0. The van der Waals surface area contributed by atoms with Gasteiger partial charge in [-0.3, -0.25) is 9.59 Å². The maximum atomic E-state index is 13.2. The molecule has 1 aromatic rings. The first-order chi connectivity index (χ1) is 16.3. The topological polar surface area (TPSA) is 65.3 Å². The van der Waals surface area contributed by atoms with E-state index in [2.05, 4.69) is 24.5 Å². The molecule has 176 valence electrons. The van der Waals surface area contributed by atoms with Crippen LogP contribution in [-0.2, 0) is 16.6 Å². The van der Waals surface area contributed by atoms with Gasteiger partial charge in [-0.2, -0.15) is 0 Å².